The normalized spacial score (nSPS) is 17.2. The van der Waals surface area contributed by atoms with E-state index in [1.165, 1.54) is 11.0 Å². The number of benzene rings is 2. The van der Waals surface area contributed by atoms with Gasteiger partial charge in [0.2, 0.25) is 0 Å². The molecule has 1 amide bonds. The average Bonchev–Trinajstić information content (AvgIpc) is 3.11. The molecule has 1 aromatic heterocycles. The van der Waals surface area contributed by atoms with Crippen molar-refractivity contribution in [1.29, 1.82) is 0 Å². The van der Waals surface area contributed by atoms with Crippen LogP contribution in [0.25, 0.3) is 11.0 Å². The van der Waals surface area contributed by atoms with Crippen molar-refractivity contribution in [3.8, 4) is 5.75 Å². The van der Waals surface area contributed by atoms with Gasteiger partial charge in [0.25, 0.3) is 5.91 Å². The third-order valence-corrected chi connectivity index (χ3v) is 7.63. The van der Waals surface area contributed by atoms with Gasteiger partial charge in [0.15, 0.2) is 21.0 Å². The van der Waals surface area contributed by atoms with E-state index in [1.54, 1.807) is 6.07 Å². The number of carbonyl (C=O) groups excluding carboxylic acids is 1. The molecule has 1 aliphatic rings. The summed E-state index contributed by atoms with van der Waals surface area (Å²) in [5, 5.41) is 0.443. The highest BCUT2D eigenvalue weighted by atomic mass is 32.2. The molecular formula is C25H27NO6S. The Labute approximate surface area is 192 Å². The molecule has 0 spiro atoms. The van der Waals surface area contributed by atoms with Crippen LogP contribution in [0.3, 0.4) is 0 Å². The van der Waals surface area contributed by atoms with Crippen molar-refractivity contribution < 1.29 is 22.4 Å². The number of hydrogen-bond acceptors (Lipinski definition) is 6. The number of fused-ring (bicyclic) bond motifs is 1. The molecule has 4 rings (SSSR count). The van der Waals surface area contributed by atoms with Crippen LogP contribution in [-0.4, -0.2) is 43.4 Å². The van der Waals surface area contributed by atoms with Crippen molar-refractivity contribution in [2.45, 2.75) is 39.8 Å². The molecule has 2 aromatic carbocycles. The van der Waals surface area contributed by atoms with Gasteiger partial charge in [-0.1, -0.05) is 18.2 Å². The molecule has 1 saturated heterocycles. The van der Waals surface area contributed by atoms with E-state index in [4.69, 9.17) is 9.15 Å². The number of nitrogens with zero attached hydrogens (tertiary/aromatic N) is 1. The maximum Gasteiger partial charge on any atom is 0.290 e. The Morgan fingerprint density at radius 1 is 1.15 bits per heavy atom. The lowest BCUT2D eigenvalue weighted by atomic mass is 10.1. The first-order valence-corrected chi connectivity index (χ1v) is 12.8. The number of hydrogen-bond donors (Lipinski definition) is 0. The summed E-state index contributed by atoms with van der Waals surface area (Å²) < 4.78 is 35.7. The van der Waals surface area contributed by atoms with E-state index >= 15 is 0 Å². The molecule has 1 fully saturated rings. The topological polar surface area (TPSA) is 93.9 Å². The van der Waals surface area contributed by atoms with Crippen molar-refractivity contribution in [3.05, 3.63) is 75.1 Å². The van der Waals surface area contributed by atoms with E-state index in [0.717, 1.165) is 16.7 Å². The lowest BCUT2D eigenvalue weighted by Crippen LogP contribution is -2.40. The van der Waals surface area contributed by atoms with E-state index in [1.807, 2.05) is 51.1 Å². The maximum absolute atomic E-state index is 13.6. The van der Waals surface area contributed by atoms with E-state index in [-0.39, 0.29) is 29.2 Å². The Morgan fingerprint density at radius 2 is 1.88 bits per heavy atom. The monoisotopic (exact) mass is 469 g/mol. The lowest BCUT2D eigenvalue weighted by molar-refractivity contribution is 0.0648. The minimum Gasteiger partial charge on any atom is -0.494 e. The molecule has 1 aliphatic heterocycles. The highest BCUT2D eigenvalue weighted by Gasteiger charge is 2.36. The third kappa shape index (κ3) is 4.95. The van der Waals surface area contributed by atoms with Gasteiger partial charge in [0.05, 0.1) is 23.5 Å². The van der Waals surface area contributed by atoms with Gasteiger partial charge in [-0.3, -0.25) is 9.59 Å². The van der Waals surface area contributed by atoms with Crippen LogP contribution in [0.4, 0.5) is 0 Å². The van der Waals surface area contributed by atoms with Crippen LogP contribution < -0.4 is 10.2 Å². The standard InChI is InChI=1S/C25H27NO6S/c1-4-31-20-7-5-18(6-8-20)14-26(19-9-10-33(29,30)15-19)25(28)23-13-21(27)24-17(3)11-16(2)12-22(24)32-23/h5-8,11-13,19H,4,9-10,14-15H2,1-3H3/t19-/m0/s1. The van der Waals surface area contributed by atoms with Crippen LogP contribution in [0.5, 0.6) is 5.75 Å². The molecular weight excluding hydrogens is 442 g/mol. The van der Waals surface area contributed by atoms with Gasteiger partial charge in [-0.2, -0.15) is 0 Å². The predicted octanol–water partition coefficient (Wildman–Crippen LogP) is 3.64. The molecule has 0 bridgehead atoms. The zero-order valence-electron chi connectivity index (χ0n) is 19.0. The fourth-order valence-corrected chi connectivity index (χ4v) is 6.08. The zero-order chi connectivity index (χ0) is 23.8. The van der Waals surface area contributed by atoms with Gasteiger partial charge >= 0.3 is 0 Å². The molecule has 0 aliphatic carbocycles. The first-order valence-electron chi connectivity index (χ1n) is 10.9. The van der Waals surface area contributed by atoms with E-state index in [0.29, 0.717) is 29.7 Å². The molecule has 0 N–H and O–H groups in total. The maximum atomic E-state index is 13.6. The summed E-state index contributed by atoms with van der Waals surface area (Å²) in [6.07, 6.45) is 0.348. The smallest absolute Gasteiger partial charge is 0.290 e. The van der Waals surface area contributed by atoms with Crippen LogP contribution >= 0.6 is 0 Å². The Morgan fingerprint density at radius 3 is 2.52 bits per heavy atom. The third-order valence-electron chi connectivity index (χ3n) is 5.88. The largest absolute Gasteiger partial charge is 0.494 e. The van der Waals surface area contributed by atoms with E-state index in [9.17, 15) is 18.0 Å². The summed E-state index contributed by atoms with van der Waals surface area (Å²) in [6.45, 7) is 6.36. The molecule has 33 heavy (non-hydrogen) atoms. The van der Waals surface area contributed by atoms with Crippen molar-refractivity contribution in [3.63, 3.8) is 0 Å². The summed E-state index contributed by atoms with van der Waals surface area (Å²) in [7, 11) is -3.22. The molecule has 0 unspecified atom stereocenters. The zero-order valence-corrected chi connectivity index (χ0v) is 19.8. The Balaban J connectivity index is 1.72. The highest BCUT2D eigenvalue weighted by molar-refractivity contribution is 7.91. The molecule has 174 valence electrons. The number of aryl methyl sites for hydroxylation is 2. The Kier molecular flexibility index (Phi) is 6.30. The number of amides is 1. The van der Waals surface area contributed by atoms with Crippen LogP contribution in [0.2, 0.25) is 0 Å². The Bertz CT molecular complexity index is 1360. The highest BCUT2D eigenvalue weighted by Crippen LogP contribution is 2.25. The lowest BCUT2D eigenvalue weighted by Gasteiger charge is -2.28. The summed E-state index contributed by atoms with van der Waals surface area (Å²) in [4.78, 5) is 27.9. The quantitative estimate of drug-likeness (QED) is 0.547. The number of sulfone groups is 1. The van der Waals surface area contributed by atoms with Crippen LogP contribution in [-0.2, 0) is 16.4 Å². The average molecular weight is 470 g/mol. The molecule has 2 heterocycles. The minimum atomic E-state index is -3.22. The summed E-state index contributed by atoms with van der Waals surface area (Å²) in [6, 6.07) is 11.7. The molecule has 0 saturated carbocycles. The number of ether oxygens (including phenoxy) is 1. The van der Waals surface area contributed by atoms with Gasteiger partial charge in [-0.25, -0.2) is 8.42 Å². The molecule has 7 nitrogen and oxygen atoms in total. The fourth-order valence-electron chi connectivity index (χ4n) is 4.35. The van der Waals surface area contributed by atoms with Gasteiger partial charge in [-0.05, 0) is 62.1 Å². The molecule has 0 radical (unpaired) electrons. The van der Waals surface area contributed by atoms with E-state index in [2.05, 4.69) is 0 Å². The van der Waals surface area contributed by atoms with Crippen LogP contribution in [0.15, 0.2) is 51.7 Å². The SMILES string of the molecule is CCOc1ccc(CN(C(=O)c2cc(=O)c3c(C)cc(C)cc3o2)[C@H]2CCS(=O)(=O)C2)cc1. The van der Waals surface area contributed by atoms with Crippen molar-refractivity contribution in [2.75, 3.05) is 18.1 Å². The second-order valence-electron chi connectivity index (χ2n) is 8.50. The van der Waals surface area contributed by atoms with E-state index < -0.39 is 21.8 Å². The van der Waals surface area contributed by atoms with Crippen LogP contribution in [0.1, 0.15) is 40.6 Å². The first kappa shape index (κ1) is 23.0. The van der Waals surface area contributed by atoms with Crippen molar-refractivity contribution >= 4 is 26.7 Å². The molecule has 8 heteroatoms. The summed E-state index contributed by atoms with van der Waals surface area (Å²) in [5.74, 6) is 0.0575. The van der Waals surface area contributed by atoms with Gasteiger partial charge in [-0.15, -0.1) is 0 Å². The fraction of sp³-hybridized carbons (Fsp3) is 0.360. The van der Waals surface area contributed by atoms with Crippen molar-refractivity contribution in [2.24, 2.45) is 0 Å². The summed E-state index contributed by atoms with van der Waals surface area (Å²) >= 11 is 0. The molecule has 1 atom stereocenters. The second-order valence-corrected chi connectivity index (χ2v) is 10.7. The number of rotatable bonds is 6. The Hall–Kier alpha value is -3.13. The second kappa shape index (κ2) is 9.02. The minimum absolute atomic E-state index is 0.0325. The van der Waals surface area contributed by atoms with Crippen LogP contribution in [0, 0.1) is 13.8 Å². The van der Waals surface area contributed by atoms with Crippen molar-refractivity contribution in [1.82, 2.24) is 4.90 Å². The molecule has 3 aromatic rings. The first-order chi connectivity index (χ1) is 15.7. The summed E-state index contributed by atoms with van der Waals surface area (Å²) in [5.41, 5.74) is 2.58. The van der Waals surface area contributed by atoms with Gasteiger partial charge in [0, 0.05) is 18.7 Å². The number of carbonyl (C=O) groups is 1. The van der Waals surface area contributed by atoms with Gasteiger partial charge in [0.1, 0.15) is 11.3 Å². The predicted molar refractivity (Wildman–Crippen MR) is 127 cm³/mol. The van der Waals surface area contributed by atoms with Gasteiger partial charge < -0.3 is 14.1 Å².